The fraction of sp³-hybridized carbons (Fsp3) is 0.200. The molecule has 0 fully saturated rings. The van der Waals surface area contributed by atoms with E-state index in [9.17, 15) is 14.4 Å². The van der Waals surface area contributed by atoms with Gasteiger partial charge in [-0.15, -0.1) is 0 Å². The Bertz CT molecular complexity index is 1580. The highest BCUT2D eigenvalue weighted by molar-refractivity contribution is 7.09. The van der Waals surface area contributed by atoms with Gasteiger partial charge in [-0.2, -0.15) is 4.37 Å². The van der Waals surface area contributed by atoms with Crippen molar-refractivity contribution in [2.24, 2.45) is 5.73 Å². The number of carbonyl (C=O) groups is 3. The molecule has 42 heavy (non-hydrogen) atoms. The molecular formula is C30H31N5O6S. The van der Waals surface area contributed by atoms with Crippen LogP contribution in [0.1, 0.15) is 42.9 Å². The van der Waals surface area contributed by atoms with E-state index in [1.807, 2.05) is 43.3 Å². The predicted molar refractivity (Wildman–Crippen MR) is 160 cm³/mol. The molecule has 1 aromatic heterocycles. The SMILES string of the molecule is COc1cc(C(C(=O)NCc2ccccc2)N(C(=O)c2snc(C(N)=O)c2N)c2cccc(C)c2)cc(OC)c1OC. The lowest BCUT2D eigenvalue weighted by Gasteiger charge is -2.32. The van der Waals surface area contributed by atoms with Crippen molar-refractivity contribution < 1.29 is 28.6 Å². The molecule has 0 saturated carbocycles. The fourth-order valence-electron chi connectivity index (χ4n) is 4.46. The van der Waals surface area contributed by atoms with Crippen LogP contribution in [0.15, 0.2) is 66.7 Å². The Balaban J connectivity index is 1.94. The number of primary amides is 1. The molecule has 1 atom stereocenters. The molecule has 4 rings (SSSR count). The third-order valence-corrected chi connectivity index (χ3v) is 7.32. The van der Waals surface area contributed by atoms with Crippen molar-refractivity contribution in [1.29, 1.82) is 0 Å². The van der Waals surface area contributed by atoms with Gasteiger partial charge in [0.2, 0.25) is 11.7 Å². The van der Waals surface area contributed by atoms with Crippen molar-refractivity contribution in [1.82, 2.24) is 9.69 Å². The van der Waals surface area contributed by atoms with Gasteiger partial charge >= 0.3 is 0 Å². The summed E-state index contributed by atoms with van der Waals surface area (Å²) in [5, 5.41) is 2.95. The average molecular weight is 590 g/mol. The molecule has 0 spiro atoms. The first-order chi connectivity index (χ1) is 20.2. The Labute approximate surface area is 247 Å². The maximum atomic E-state index is 14.3. The fourth-order valence-corrected chi connectivity index (χ4v) is 5.20. The first-order valence-corrected chi connectivity index (χ1v) is 13.5. The summed E-state index contributed by atoms with van der Waals surface area (Å²) in [6.07, 6.45) is 0. The zero-order chi connectivity index (χ0) is 30.4. The summed E-state index contributed by atoms with van der Waals surface area (Å²) in [7, 11) is 4.38. The number of benzene rings is 3. The summed E-state index contributed by atoms with van der Waals surface area (Å²) < 4.78 is 20.6. The van der Waals surface area contributed by atoms with E-state index in [0.717, 1.165) is 22.7 Å². The third kappa shape index (κ3) is 6.13. The second-order valence-corrected chi connectivity index (χ2v) is 9.99. The van der Waals surface area contributed by atoms with Gasteiger partial charge in [0.1, 0.15) is 10.9 Å². The van der Waals surface area contributed by atoms with Crippen LogP contribution in [0.25, 0.3) is 0 Å². The summed E-state index contributed by atoms with van der Waals surface area (Å²) in [5.74, 6) is -1.13. The number of nitrogens with zero attached hydrogens (tertiary/aromatic N) is 2. The molecule has 1 unspecified atom stereocenters. The van der Waals surface area contributed by atoms with Gasteiger partial charge in [0.05, 0.1) is 27.0 Å². The van der Waals surface area contributed by atoms with E-state index in [-0.39, 0.29) is 34.3 Å². The largest absolute Gasteiger partial charge is 0.493 e. The number of nitrogens with one attached hydrogen (secondary N) is 1. The lowest BCUT2D eigenvalue weighted by atomic mass is 10.0. The molecule has 4 aromatic rings. The van der Waals surface area contributed by atoms with Crippen LogP contribution < -0.4 is 35.9 Å². The van der Waals surface area contributed by atoms with Crippen LogP contribution >= 0.6 is 11.5 Å². The zero-order valence-electron chi connectivity index (χ0n) is 23.5. The highest BCUT2D eigenvalue weighted by Crippen LogP contribution is 2.42. The number of hydrogen-bond donors (Lipinski definition) is 3. The van der Waals surface area contributed by atoms with Crippen molar-refractivity contribution >= 4 is 40.6 Å². The number of methoxy groups -OCH3 is 3. The van der Waals surface area contributed by atoms with Crippen LogP contribution in [-0.2, 0) is 11.3 Å². The molecule has 5 N–H and O–H groups in total. The molecule has 0 bridgehead atoms. The first-order valence-electron chi connectivity index (χ1n) is 12.8. The van der Waals surface area contributed by atoms with Crippen molar-refractivity contribution in [3.8, 4) is 17.2 Å². The normalized spacial score (nSPS) is 11.3. The molecule has 0 radical (unpaired) electrons. The van der Waals surface area contributed by atoms with Crippen molar-refractivity contribution in [3.63, 3.8) is 0 Å². The van der Waals surface area contributed by atoms with Gasteiger partial charge in [0.25, 0.3) is 11.8 Å². The number of amides is 3. The van der Waals surface area contributed by atoms with E-state index in [0.29, 0.717) is 17.0 Å². The zero-order valence-corrected chi connectivity index (χ0v) is 24.4. The third-order valence-electron chi connectivity index (χ3n) is 6.47. The number of nitrogen functional groups attached to an aromatic ring is 1. The number of aromatic nitrogens is 1. The van der Waals surface area contributed by atoms with Crippen LogP contribution in [0, 0.1) is 6.92 Å². The molecular weight excluding hydrogens is 558 g/mol. The number of rotatable bonds is 11. The molecule has 3 amide bonds. The quantitative estimate of drug-likeness (QED) is 0.238. The van der Waals surface area contributed by atoms with Gasteiger partial charge in [-0.25, -0.2) is 0 Å². The minimum Gasteiger partial charge on any atom is -0.493 e. The Kier molecular flexibility index (Phi) is 9.28. The first kappa shape index (κ1) is 29.9. The van der Waals surface area contributed by atoms with Crippen LogP contribution in [0.5, 0.6) is 17.2 Å². The minimum atomic E-state index is -1.25. The number of nitrogens with two attached hydrogens (primary N) is 2. The van der Waals surface area contributed by atoms with Gasteiger partial charge in [-0.3, -0.25) is 19.3 Å². The maximum Gasteiger partial charge on any atom is 0.273 e. The number of ether oxygens (including phenoxy) is 3. The topological polar surface area (TPSA) is 159 Å². The van der Waals surface area contributed by atoms with Gasteiger partial charge < -0.3 is 31.0 Å². The predicted octanol–water partition coefficient (Wildman–Crippen LogP) is 3.86. The molecule has 0 saturated heterocycles. The van der Waals surface area contributed by atoms with Gasteiger partial charge in [0.15, 0.2) is 17.2 Å². The van der Waals surface area contributed by atoms with E-state index in [2.05, 4.69) is 9.69 Å². The van der Waals surface area contributed by atoms with Gasteiger partial charge in [0, 0.05) is 12.2 Å². The van der Waals surface area contributed by atoms with E-state index >= 15 is 0 Å². The second-order valence-electron chi connectivity index (χ2n) is 9.22. The van der Waals surface area contributed by atoms with Gasteiger partial charge in [-0.1, -0.05) is 42.5 Å². The standard InChI is InChI=1S/C30H31N5O6S/c1-17-9-8-12-20(13-17)35(30(38)27-23(31)24(28(32)36)34-42-27)25(29(37)33-16-18-10-6-5-7-11-18)19-14-21(39-2)26(41-4)22(15-19)40-3/h5-15,25H,16,31H2,1-4H3,(H2,32,36)(H,33,37). The Morgan fingerprint density at radius 2 is 1.62 bits per heavy atom. The molecule has 3 aromatic carbocycles. The molecule has 11 nitrogen and oxygen atoms in total. The minimum absolute atomic E-state index is 0.0430. The smallest absolute Gasteiger partial charge is 0.273 e. The summed E-state index contributed by atoms with van der Waals surface area (Å²) in [6.45, 7) is 2.06. The number of aryl methyl sites for hydroxylation is 1. The van der Waals surface area contributed by atoms with E-state index < -0.39 is 23.8 Å². The summed E-state index contributed by atoms with van der Waals surface area (Å²) in [5.41, 5.74) is 13.7. The number of anilines is 2. The maximum absolute atomic E-state index is 14.3. The van der Waals surface area contributed by atoms with E-state index in [1.54, 1.807) is 30.3 Å². The van der Waals surface area contributed by atoms with E-state index in [4.69, 9.17) is 25.7 Å². The lowest BCUT2D eigenvalue weighted by molar-refractivity contribution is -0.122. The van der Waals surface area contributed by atoms with Crippen molar-refractivity contribution in [2.45, 2.75) is 19.5 Å². The summed E-state index contributed by atoms with van der Waals surface area (Å²) in [6, 6.07) is 18.4. The number of carbonyl (C=O) groups excluding carboxylic acids is 3. The molecule has 0 aliphatic carbocycles. The van der Waals surface area contributed by atoms with Crippen LogP contribution in [-0.4, -0.2) is 43.4 Å². The summed E-state index contributed by atoms with van der Waals surface area (Å²) in [4.78, 5) is 41.7. The van der Waals surface area contributed by atoms with Crippen LogP contribution in [0.4, 0.5) is 11.4 Å². The molecule has 218 valence electrons. The Morgan fingerprint density at radius 1 is 0.952 bits per heavy atom. The second kappa shape index (κ2) is 13.0. The molecule has 0 aliphatic heterocycles. The van der Waals surface area contributed by atoms with Crippen molar-refractivity contribution in [2.75, 3.05) is 32.0 Å². The molecule has 1 heterocycles. The highest BCUT2D eigenvalue weighted by atomic mass is 32.1. The van der Waals surface area contributed by atoms with Crippen LogP contribution in [0.3, 0.4) is 0 Å². The Morgan fingerprint density at radius 3 is 2.17 bits per heavy atom. The Hall–Kier alpha value is -5.10. The molecule has 0 aliphatic rings. The highest BCUT2D eigenvalue weighted by Gasteiger charge is 2.37. The van der Waals surface area contributed by atoms with E-state index in [1.165, 1.54) is 26.2 Å². The average Bonchev–Trinajstić information content (AvgIpc) is 3.39. The molecule has 12 heteroatoms. The summed E-state index contributed by atoms with van der Waals surface area (Å²) >= 11 is 0.728. The van der Waals surface area contributed by atoms with Crippen LogP contribution in [0.2, 0.25) is 0 Å². The van der Waals surface area contributed by atoms with Gasteiger partial charge in [-0.05, 0) is 59.4 Å². The van der Waals surface area contributed by atoms with Crippen molar-refractivity contribution in [3.05, 3.63) is 94.0 Å². The monoisotopic (exact) mass is 589 g/mol. The number of hydrogen-bond acceptors (Lipinski definition) is 9. The lowest BCUT2D eigenvalue weighted by Crippen LogP contribution is -2.44.